The molecule has 1 rings (SSSR count). The molecule has 2 atom stereocenters. The maximum Gasteiger partial charge on any atom is 0.750 e. The fraction of sp³-hybridized carbons (Fsp3) is 0.333. The summed E-state index contributed by atoms with van der Waals surface area (Å²) in [5.41, 5.74) is 6.37. The van der Waals surface area contributed by atoms with Crippen molar-refractivity contribution < 1.29 is 28.3 Å². The van der Waals surface area contributed by atoms with Crippen molar-refractivity contribution in [3.63, 3.8) is 0 Å². The van der Waals surface area contributed by atoms with Gasteiger partial charge in [0.2, 0.25) is 0 Å². The Morgan fingerprint density at radius 3 is 2.55 bits per heavy atom. The minimum atomic E-state index is -2.98. The topological polar surface area (TPSA) is 116 Å². The van der Waals surface area contributed by atoms with Crippen molar-refractivity contribution in [2.24, 2.45) is 5.73 Å². The molecular weight excluding hydrogens is 285 g/mol. The first-order chi connectivity index (χ1) is 9.49. The molecule has 0 spiro atoms. The molecule has 0 saturated carbocycles. The number of carbonyl (C=O) groups excluding carboxylic acids is 2. The lowest BCUT2D eigenvalue weighted by Gasteiger charge is -2.10. The summed E-state index contributed by atoms with van der Waals surface area (Å²) < 4.78 is 19.2. The minimum absolute atomic E-state index is 0.0182. The van der Waals surface area contributed by atoms with E-state index in [2.05, 4.69) is 4.52 Å². The van der Waals surface area contributed by atoms with Gasteiger partial charge >= 0.3 is 20.2 Å². The number of hydrogen-bond donors (Lipinski definition) is 2. The summed E-state index contributed by atoms with van der Waals surface area (Å²) >= 11 is 0. The van der Waals surface area contributed by atoms with E-state index >= 15 is 0 Å². The van der Waals surface area contributed by atoms with Gasteiger partial charge in [0.25, 0.3) is 0 Å². The first-order valence-corrected chi connectivity index (χ1v) is 6.95. The maximum absolute atomic E-state index is 11.5. The Labute approximate surface area is 116 Å². The first-order valence-electron chi connectivity index (χ1n) is 5.82. The van der Waals surface area contributed by atoms with Crippen LogP contribution in [0, 0.1) is 0 Å². The standard InChI is InChI=1S/C12H14NO6P/c13-10(6-7-11(14)19-20(16)17)12(15)18-8-9-4-2-1-3-5-9/h1-5,10H,6-8,13H2/p+1/t10-/m0/s1. The molecule has 1 unspecified atom stereocenters. The summed E-state index contributed by atoms with van der Waals surface area (Å²) in [7, 11) is -2.98. The lowest BCUT2D eigenvalue weighted by molar-refractivity contribution is -0.146. The first kappa shape index (κ1) is 16.2. The van der Waals surface area contributed by atoms with Crippen molar-refractivity contribution in [3.05, 3.63) is 35.9 Å². The summed E-state index contributed by atoms with van der Waals surface area (Å²) in [4.78, 5) is 30.9. The Morgan fingerprint density at radius 2 is 1.95 bits per heavy atom. The minimum Gasteiger partial charge on any atom is -0.460 e. The lowest BCUT2D eigenvalue weighted by Crippen LogP contribution is -2.32. The average molecular weight is 300 g/mol. The largest absolute Gasteiger partial charge is 0.750 e. The van der Waals surface area contributed by atoms with E-state index in [1.807, 2.05) is 18.2 Å². The van der Waals surface area contributed by atoms with E-state index in [-0.39, 0.29) is 19.4 Å². The van der Waals surface area contributed by atoms with Crippen LogP contribution in [0.25, 0.3) is 0 Å². The molecule has 8 heteroatoms. The van der Waals surface area contributed by atoms with Crippen LogP contribution in [0.1, 0.15) is 18.4 Å². The van der Waals surface area contributed by atoms with E-state index in [0.29, 0.717) is 0 Å². The summed E-state index contributed by atoms with van der Waals surface area (Å²) in [5, 5.41) is 0. The van der Waals surface area contributed by atoms with E-state index in [0.717, 1.165) is 5.56 Å². The van der Waals surface area contributed by atoms with Crippen LogP contribution in [0.2, 0.25) is 0 Å². The van der Waals surface area contributed by atoms with Crippen molar-refractivity contribution in [1.82, 2.24) is 0 Å². The number of carbonyl (C=O) groups is 2. The predicted octanol–water partition coefficient (Wildman–Crippen LogP) is 1.03. The lowest BCUT2D eigenvalue weighted by atomic mass is 10.2. The van der Waals surface area contributed by atoms with Crippen LogP contribution in [0.15, 0.2) is 30.3 Å². The van der Waals surface area contributed by atoms with Crippen molar-refractivity contribution >= 4 is 20.2 Å². The van der Waals surface area contributed by atoms with Gasteiger partial charge in [-0.05, 0) is 12.0 Å². The van der Waals surface area contributed by atoms with E-state index in [1.54, 1.807) is 12.1 Å². The molecule has 0 bridgehead atoms. The molecule has 1 aromatic rings. The highest BCUT2D eigenvalue weighted by Gasteiger charge is 2.23. The van der Waals surface area contributed by atoms with Crippen LogP contribution in [0.4, 0.5) is 0 Å². The molecule has 0 aliphatic rings. The van der Waals surface area contributed by atoms with E-state index in [1.165, 1.54) is 0 Å². The van der Waals surface area contributed by atoms with Gasteiger partial charge < -0.3 is 10.5 Å². The molecule has 0 amide bonds. The molecule has 1 aromatic carbocycles. The fourth-order valence-corrected chi connectivity index (χ4v) is 1.63. The molecule has 0 fully saturated rings. The van der Waals surface area contributed by atoms with Gasteiger partial charge in [0.15, 0.2) is 0 Å². The highest BCUT2D eigenvalue weighted by molar-refractivity contribution is 7.32. The van der Waals surface area contributed by atoms with Gasteiger partial charge in [0, 0.05) is 4.57 Å². The molecule has 7 nitrogen and oxygen atoms in total. The molecule has 3 N–H and O–H groups in total. The molecule has 0 aromatic heterocycles. The van der Waals surface area contributed by atoms with Crippen molar-refractivity contribution in [2.75, 3.05) is 0 Å². The number of hydrogen-bond acceptors (Lipinski definition) is 6. The Bertz CT molecular complexity index is 478. The van der Waals surface area contributed by atoms with Gasteiger partial charge in [-0.3, -0.25) is 4.79 Å². The van der Waals surface area contributed by atoms with Gasteiger partial charge in [0.05, 0.1) is 6.42 Å². The van der Waals surface area contributed by atoms with Gasteiger partial charge in [0.1, 0.15) is 12.6 Å². The normalized spacial score (nSPS) is 12.4. The maximum atomic E-state index is 11.5. The zero-order chi connectivity index (χ0) is 15.0. The SMILES string of the molecule is N[C@@H](CCC(=O)O[P+](=O)O)C(=O)OCc1ccccc1. The second-order valence-electron chi connectivity index (χ2n) is 3.94. The monoisotopic (exact) mass is 300 g/mol. The smallest absolute Gasteiger partial charge is 0.460 e. The number of nitrogens with two attached hydrogens (primary N) is 1. The molecule has 0 radical (unpaired) electrons. The molecule has 0 saturated heterocycles. The Kier molecular flexibility index (Phi) is 6.79. The number of esters is 1. The third-order valence-corrected chi connectivity index (χ3v) is 2.73. The highest BCUT2D eigenvalue weighted by atomic mass is 31.1. The van der Waals surface area contributed by atoms with Crippen LogP contribution in [0.5, 0.6) is 0 Å². The molecule has 20 heavy (non-hydrogen) atoms. The number of ether oxygens (including phenoxy) is 1. The van der Waals surface area contributed by atoms with Crippen molar-refractivity contribution in [1.29, 1.82) is 0 Å². The van der Waals surface area contributed by atoms with Crippen LogP contribution >= 0.6 is 8.25 Å². The summed E-state index contributed by atoms with van der Waals surface area (Å²) in [5.74, 6) is -1.53. The molecular formula is C12H15NO6P+. The van der Waals surface area contributed by atoms with Gasteiger partial charge in [-0.2, -0.15) is 4.52 Å². The summed E-state index contributed by atoms with van der Waals surface area (Å²) in [6.07, 6.45) is -0.251. The van der Waals surface area contributed by atoms with E-state index < -0.39 is 26.2 Å². The van der Waals surface area contributed by atoms with Gasteiger partial charge in [-0.1, -0.05) is 30.3 Å². The number of rotatable bonds is 7. The predicted molar refractivity (Wildman–Crippen MR) is 69.4 cm³/mol. The van der Waals surface area contributed by atoms with Crippen LogP contribution in [-0.4, -0.2) is 22.9 Å². The summed E-state index contributed by atoms with van der Waals surface area (Å²) in [6, 6.07) is 8.09. The van der Waals surface area contributed by atoms with Crippen LogP contribution in [-0.2, 0) is 30.0 Å². The quantitative estimate of drug-likeness (QED) is 0.570. The van der Waals surface area contributed by atoms with E-state index in [4.69, 9.17) is 15.4 Å². The zero-order valence-electron chi connectivity index (χ0n) is 10.6. The van der Waals surface area contributed by atoms with Crippen molar-refractivity contribution in [2.45, 2.75) is 25.5 Å². The second kappa shape index (κ2) is 8.37. The third kappa shape index (κ3) is 6.38. The Hall–Kier alpha value is -1.82. The highest BCUT2D eigenvalue weighted by Crippen LogP contribution is 2.16. The van der Waals surface area contributed by atoms with E-state index in [9.17, 15) is 14.2 Å². The average Bonchev–Trinajstić information content (AvgIpc) is 2.42. The molecule has 108 valence electrons. The van der Waals surface area contributed by atoms with Crippen LogP contribution < -0.4 is 5.73 Å². The Balaban J connectivity index is 2.29. The van der Waals surface area contributed by atoms with Crippen molar-refractivity contribution in [3.8, 4) is 0 Å². The Morgan fingerprint density at radius 1 is 1.30 bits per heavy atom. The molecule has 0 aliphatic heterocycles. The van der Waals surface area contributed by atoms with Crippen LogP contribution in [0.3, 0.4) is 0 Å². The third-order valence-electron chi connectivity index (χ3n) is 2.37. The van der Waals surface area contributed by atoms with Gasteiger partial charge in [-0.25, -0.2) is 4.79 Å². The van der Waals surface area contributed by atoms with Gasteiger partial charge in [-0.15, -0.1) is 4.89 Å². The molecule has 0 aliphatic carbocycles. The molecule has 0 heterocycles. The summed E-state index contributed by atoms with van der Waals surface area (Å²) in [6.45, 7) is 0.0975. The fourth-order valence-electron chi connectivity index (χ4n) is 1.36. The second-order valence-corrected chi connectivity index (χ2v) is 4.60. The zero-order valence-corrected chi connectivity index (χ0v) is 11.5. The number of benzene rings is 1.